The van der Waals surface area contributed by atoms with Crippen LogP contribution in [0.4, 0.5) is 5.69 Å². The summed E-state index contributed by atoms with van der Waals surface area (Å²) in [6.07, 6.45) is 3.87. The number of rotatable bonds is 8. The molecule has 0 unspecified atom stereocenters. The molecule has 45 heavy (non-hydrogen) atoms. The number of para-hydroxylation sites is 2. The van der Waals surface area contributed by atoms with Gasteiger partial charge in [0.15, 0.2) is 5.60 Å². The first-order valence-corrected chi connectivity index (χ1v) is 14.8. The number of carbonyl (C=O) groups is 1. The van der Waals surface area contributed by atoms with Gasteiger partial charge in [-0.05, 0) is 66.6 Å². The van der Waals surface area contributed by atoms with E-state index < -0.39 is 17.4 Å². The molecule has 0 fully saturated rings. The zero-order valence-electron chi connectivity index (χ0n) is 24.5. The summed E-state index contributed by atoms with van der Waals surface area (Å²) in [5, 5.41) is 28.8. The van der Waals surface area contributed by atoms with Gasteiger partial charge >= 0.3 is 0 Å². The molecule has 0 bridgehead atoms. The van der Waals surface area contributed by atoms with Crippen LogP contribution in [0.2, 0.25) is 0 Å². The lowest BCUT2D eigenvalue weighted by molar-refractivity contribution is -0.139. The third kappa shape index (κ3) is 4.54. The van der Waals surface area contributed by atoms with Gasteiger partial charge in [0.05, 0.1) is 45.4 Å². The van der Waals surface area contributed by atoms with E-state index in [1.54, 1.807) is 60.4 Å². The Balaban J connectivity index is 1.27. The van der Waals surface area contributed by atoms with E-state index in [0.29, 0.717) is 45.3 Å². The van der Waals surface area contributed by atoms with E-state index in [1.165, 1.54) is 9.36 Å². The number of anilines is 1. The highest BCUT2D eigenvalue weighted by Gasteiger charge is 2.52. The third-order valence-electron chi connectivity index (χ3n) is 8.61. The van der Waals surface area contributed by atoms with Gasteiger partial charge in [0.25, 0.3) is 17.0 Å². The van der Waals surface area contributed by atoms with Crippen molar-refractivity contribution < 1.29 is 15.0 Å². The second-order valence-corrected chi connectivity index (χ2v) is 11.4. The van der Waals surface area contributed by atoms with Gasteiger partial charge in [-0.15, -0.1) is 0 Å². The summed E-state index contributed by atoms with van der Waals surface area (Å²) in [7, 11) is 0. The Labute approximate surface area is 257 Å². The topological polar surface area (TPSA) is 136 Å². The summed E-state index contributed by atoms with van der Waals surface area (Å²) in [5.74, 6) is -1.12. The van der Waals surface area contributed by atoms with Crippen molar-refractivity contribution in [2.45, 2.75) is 25.5 Å². The van der Waals surface area contributed by atoms with Crippen LogP contribution in [0.25, 0.3) is 33.2 Å². The highest BCUT2D eigenvalue weighted by molar-refractivity contribution is 6.07. The first-order chi connectivity index (χ1) is 21.8. The van der Waals surface area contributed by atoms with Crippen molar-refractivity contribution in [3.63, 3.8) is 0 Å². The minimum atomic E-state index is -1.91. The molecule has 2 atom stereocenters. The fourth-order valence-corrected chi connectivity index (χ4v) is 6.16. The zero-order chi connectivity index (χ0) is 31.3. The molecule has 1 aliphatic heterocycles. The number of aliphatic hydroxyl groups is 2. The lowest BCUT2D eigenvalue weighted by Crippen LogP contribution is -2.44. The molecule has 4 N–H and O–H groups in total. The molecule has 3 heterocycles. The van der Waals surface area contributed by atoms with Crippen LogP contribution < -0.4 is 16.0 Å². The van der Waals surface area contributed by atoms with Crippen LogP contribution in [-0.4, -0.2) is 42.3 Å². The highest BCUT2D eigenvalue weighted by Crippen LogP contribution is 2.46. The third-order valence-corrected chi connectivity index (χ3v) is 8.61. The summed E-state index contributed by atoms with van der Waals surface area (Å²) in [4.78, 5) is 41.8. The molecule has 0 saturated carbocycles. The molecule has 2 aromatic heterocycles. The number of aromatic nitrogens is 4. The Morgan fingerprint density at radius 3 is 1.98 bits per heavy atom. The summed E-state index contributed by atoms with van der Waals surface area (Å²) < 4.78 is 2.90. The standard InChI is InChI=1S/C35H31N5O5/c1-22(8-6-7-19-41)35(45)28-20-25(40-33(43)27-10-3-5-12-30(27)37-40)17-18-31(28)38(34(35)44)21-23-13-15-24(16-14-23)39-32(42)26-9-2-4-11-29(26)36-39/h2-6,8-18,20,22,36-37,41,45H,7,19,21H2,1H3/b8-6+/t22-,35+/m1/s1. The van der Waals surface area contributed by atoms with E-state index in [-0.39, 0.29) is 24.3 Å². The van der Waals surface area contributed by atoms with Crippen LogP contribution >= 0.6 is 0 Å². The second kappa shape index (κ2) is 10.9. The predicted octanol–water partition coefficient (Wildman–Crippen LogP) is 4.26. The maximum Gasteiger partial charge on any atom is 0.279 e. The van der Waals surface area contributed by atoms with E-state index in [4.69, 9.17) is 0 Å². The fraction of sp³-hybridized carbons (Fsp3) is 0.171. The minimum Gasteiger partial charge on any atom is -0.396 e. The number of carbonyl (C=O) groups excluding carboxylic acids is 1. The number of hydrogen-bond donors (Lipinski definition) is 4. The van der Waals surface area contributed by atoms with Gasteiger partial charge in [0.1, 0.15) is 0 Å². The lowest BCUT2D eigenvalue weighted by Gasteiger charge is -2.28. The monoisotopic (exact) mass is 601 g/mol. The highest BCUT2D eigenvalue weighted by atomic mass is 16.3. The van der Waals surface area contributed by atoms with Crippen molar-refractivity contribution >= 4 is 33.4 Å². The molecule has 0 aliphatic carbocycles. The summed E-state index contributed by atoms with van der Waals surface area (Å²) in [6.45, 7) is 1.88. The summed E-state index contributed by atoms with van der Waals surface area (Å²) in [5.41, 5.74) is 1.97. The van der Waals surface area contributed by atoms with Crippen molar-refractivity contribution in [1.29, 1.82) is 0 Å². The molecule has 10 nitrogen and oxygen atoms in total. The molecular weight excluding hydrogens is 570 g/mol. The Morgan fingerprint density at radius 1 is 0.800 bits per heavy atom. The smallest absolute Gasteiger partial charge is 0.279 e. The molecule has 1 amide bonds. The zero-order valence-corrected chi connectivity index (χ0v) is 24.5. The van der Waals surface area contributed by atoms with Crippen LogP contribution in [0.5, 0.6) is 0 Å². The Bertz CT molecular complexity index is 2220. The molecule has 1 aliphatic rings. The van der Waals surface area contributed by atoms with Gasteiger partial charge in [0.2, 0.25) is 0 Å². The van der Waals surface area contributed by atoms with Gasteiger partial charge in [-0.2, -0.15) is 0 Å². The molecule has 7 rings (SSSR count). The van der Waals surface area contributed by atoms with Crippen molar-refractivity contribution in [3.05, 3.63) is 135 Å². The molecular formula is C35H31N5O5. The molecule has 6 aromatic rings. The Kier molecular flexibility index (Phi) is 6.87. The van der Waals surface area contributed by atoms with E-state index in [2.05, 4.69) is 10.2 Å². The summed E-state index contributed by atoms with van der Waals surface area (Å²) >= 11 is 0. The molecule has 0 spiro atoms. The summed E-state index contributed by atoms with van der Waals surface area (Å²) in [6, 6.07) is 27.0. The van der Waals surface area contributed by atoms with E-state index in [9.17, 15) is 24.6 Å². The van der Waals surface area contributed by atoms with Gasteiger partial charge < -0.3 is 15.1 Å². The van der Waals surface area contributed by atoms with E-state index in [1.807, 2.05) is 54.6 Å². The van der Waals surface area contributed by atoms with E-state index in [0.717, 1.165) is 11.1 Å². The molecule has 0 saturated heterocycles. The average molecular weight is 602 g/mol. The molecule has 4 aromatic carbocycles. The lowest BCUT2D eigenvalue weighted by atomic mass is 9.82. The fourth-order valence-electron chi connectivity index (χ4n) is 6.16. The van der Waals surface area contributed by atoms with Crippen molar-refractivity contribution in [1.82, 2.24) is 19.6 Å². The number of aromatic amines is 2. The molecule has 226 valence electrons. The van der Waals surface area contributed by atoms with Crippen molar-refractivity contribution in [2.75, 3.05) is 11.5 Å². The SMILES string of the molecule is C[C@H](/C=C/CCO)[C@@]1(O)C(=O)N(Cc2ccc(-n3[nH]c4ccccc4c3=O)cc2)c2ccc(-n3[nH]c4ccccc4c3=O)cc21. The quantitative estimate of drug-likeness (QED) is 0.193. The van der Waals surface area contributed by atoms with Gasteiger partial charge in [-0.3, -0.25) is 24.6 Å². The van der Waals surface area contributed by atoms with Gasteiger partial charge in [-0.1, -0.05) is 55.5 Å². The number of hydrogen-bond acceptors (Lipinski definition) is 5. The number of fused-ring (bicyclic) bond motifs is 3. The Morgan fingerprint density at radius 2 is 1.38 bits per heavy atom. The van der Waals surface area contributed by atoms with Crippen LogP contribution in [0.3, 0.4) is 0 Å². The van der Waals surface area contributed by atoms with E-state index >= 15 is 0 Å². The minimum absolute atomic E-state index is 0.0492. The van der Waals surface area contributed by atoms with Crippen molar-refractivity contribution in [2.24, 2.45) is 5.92 Å². The average Bonchev–Trinajstić information content (AvgIpc) is 3.66. The maximum atomic E-state index is 14.1. The number of nitrogens with zero attached hydrogens (tertiary/aromatic N) is 3. The van der Waals surface area contributed by atoms with Crippen LogP contribution in [-0.2, 0) is 16.9 Å². The van der Waals surface area contributed by atoms with Crippen LogP contribution in [0.1, 0.15) is 24.5 Å². The number of nitrogens with one attached hydrogen (secondary N) is 2. The number of amides is 1. The van der Waals surface area contributed by atoms with Crippen molar-refractivity contribution in [3.8, 4) is 11.4 Å². The predicted molar refractivity (Wildman–Crippen MR) is 173 cm³/mol. The molecule has 0 radical (unpaired) electrons. The largest absolute Gasteiger partial charge is 0.396 e. The van der Waals surface area contributed by atoms with Gasteiger partial charge in [-0.25, -0.2) is 9.36 Å². The normalized spacial score (nSPS) is 17.1. The number of H-pyrrole nitrogens is 2. The van der Waals surface area contributed by atoms with Crippen LogP contribution in [0, 0.1) is 5.92 Å². The first kappa shape index (κ1) is 28.3. The van der Waals surface area contributed by atoms with Crippen LogP contribution in [0.15, 0.2) is 113 Å². The number of aliphatic hydroxyl groups excluding tert-OH is 1. The second-order valence-electron chi connectivity index (χ2n) is 11.4. The molecule has 10 heteroatoms. The maximum absolute atomic E-state index is 14.1. The first-order valence-electron chi connectivity index (χ1n) is 14.8. The Hall–Kier alpha value is -5.45. The number of benzene rings is 4. The van der Waals surface area contributed by atoms with Gasteiger partial charge in [0, 0.05) is 18.1 Å².